The molecule has 0 aliphatic heterocycles. The van der Waals surface area contributed by atoms with Gasteiger partial charge in [-0.15, -0.1) is 0 Å². The van der Waals surface area contributed by atoms with Crippen LogP contribution in [0.25, 0.3) is 11.4 Å². The number of nitrogens with zero attached hydrogens (tertiary/aromatic N) is 2. The molecule has 2 aromatic rings. The van der Waals surface area contributed by atoms with Gasteiger partial charge < -0.3 is 0 Å². The molecule has 0 unspecified atom stereocenters. The lowest BCUT2D eigenvalue weighted by atomic mass is 9.80. The number of hydrogen-bond donors (Lipinski definition) is 0. The van der Waals surface area contributed by atoms with Crippen molar-refractivity contribution >= 4 is 11.6 Å². The van der Waals surface area contributed by atoms with Gasteiger partial charge in [-0.3, -0.25) is 0 Å². The molecule has 1 saturated carbocycles. The van der Waals surface area contributed by atoms with Crippen molar-refractivity contribution < 1.29 is 4.39 Å². The largest absolute Gasteiger partial charge is 0.235 e. The van der Waals surface area contributed by atoms with E-state index in [0.29, 0.717) is 17.3 Å². The first-order valence-corrected chi connectivity index (χ1v) is 9.32. The Morgan fingerprint density at radius 2 is 1.88 bits per heavy atom. The van der Waals surface area contributed by atoms with Gasteiger partial charge in [0.1, 0.15) is 5.82 Å². The number of halogens is 2. The number of aromatic nitrogens is 2. The van der Waals surface area contributed by atoms with Crippen molar-refractivity contribution in [1.82, 2.24) is 9.97 Å². The van der Waals surface area contributed by atoms with Crippen molar-refractivity contribution in [2.24, 2.45) is 11.8 Å². The summed E-state index contributed by atoms with van der Waals surface area (Å²) < 4.78 is 13.5. The highest BCUT2D eigenvalue weighted by molar-refractivity contribution is 6.30. The summed E-state index contributed by atoms with van der Waals surface area (Å²) in [6.45, 7) is 2.26. The van der Waals surface area contributed by atoms with Crippen LogP contribution in [0.15, 0.2) is 30.6 Å². The molecule has 1 aliphatic rings. The predicted molar refractivity (Wildman–Crippen MR) is 99.7 cm³/mol. The van der Waals surface area contributed by atoms with Crippen LogP contribution >= 0.6 is 11.6 Å². The summed E-state index contributed by atoms with van der Waals surface area (Å²) in [7, 11) is 0. The molecule has 0 atom stereocenters. The highest BCUT2D eigenvalue weighted by atomic mass is 35.5. The molecule has 0 saturated heterocycles. The van der Waals surface area contributed by atoms with Crippen molar-refractivity contribution in [3.63, 3.8) is 0 Å². The predicted octanol–water partition coefficient (Wildman–Crippen LogP) is 5.89. The van der Waals surface area contributed by atoms with Crippen molar-refractivity contribution in [1.29, 1.82) is 0 Å². The number of benzene rings is 1. The molecule has 0 bridgehead atoms. The summed E-state index contributed by atoms with van der Waals surface area (Å²) in [5, 5.41) is 0.0971. The summed E-state index contributed by atoms with van der Waals surface area (Å²) in [6, 6.07) is 4.57. The van der Waals surface area contributed by atoms with E-state index in [-0.39, 0.29) is 5.02 Å². The van der Waals surface area contributed by atoms with Crippen LogP contribution in [0, 0.1) is 29.5 Å². The molecule has 2 nitrogen and oxygen atoms in total. The van der Waals surface area contributed by atoms with E-state index in [1.54, 1.807) is 18.5 Å². The molecule has 1 aliphatic carbocycles. The molecule has 130 valence electrons. The normalized spacial score (nSPS) is 20.0. The first-order valence-electron chi connectivity index (χ1n) is 8.94. The lowest BCUT2D eigenvalue weighted by Gasteiger charge is -2.25. The zero-order valence-electron chi connectivity index (χ0n) is 14.4. The maximum atomic E-state index is 13.5. The molecule has 25 heavy (non-hydrogen) atoms. The Kier molecular flexibility index (Phi) is 6.04. The molecule has 1 heterocycles. The maximum Gasteiger partial charge on any atom is 0.159 e. The summed E-state index contributed by atoms with van der Waals surface area (Å²) >= 11 is 5.70. The molecule has 1 aromatic heterocycles. The van der Waals surface area contributed by atoms with Gasteiger partial charge in [0.2, 0.25) is 0 Å². The molecular weight excluding hydrogens is 335 g/mol. The number of hydrogen-bond acceptors (Lipinski definition) is 2. The van der Waals surface area contributed by atoms with E-state index >= 15 is 0 Å². The van der Waals surface area contributed by atoms with Gasteiger partial charge in [-0.2, -0.15) is 0 Å². The molecular formula is C21H22ClFN2. The summed E-state index contributed by atoms with van der Waals surface area (Å²) in [6.07, 6.45) is 11.0. The SMILES string of the molecule is CCCC1CCC(C#Cc2cnc(-c3ccc(Cl)c(F)c3)nc2)CC1. The van der Waals surface area contributed by atoms with Crippen LogP contribution in [0.3, 0.4) is 0 Å². The van der Waals surface area contributed by atoms with Crippen LogP contribution in [0.1, 0.15) is 51.0 Å². The molecule has 0 radical (unpaired) electrons. The fraction of sp³-hybridized carbons (Fsp3) is 0.429. The zero-order valence-corrected chi connectivity index (χ0v) is 15.2. The first-order chi connectivity index (χ1) is 12.2. The van der Waals surface area contributed by atoms with Gasteiger partial charge >= 0.3 is 0 Å². The monoisotopic (exact) mass is 356 g/mol. The maximum absolute atomic E-state index is 13.5. The Hall–Kier alpha value is -1.92. The fourth-order valence-electron chi connectivity index (χ4n) is 3.37. The average Bonchev–Trinajstić information content (AvgIpc) is 2.64. The summed E-state index contributed by atoms with van der Waals surface area (Å²) in [5.41, 5.74) is 1.41. The molecule has 0 amide bonds. The molecule has 1 aromatic carbocycles. The van der Waals surface area contributed by atoms with Crippen LogP contribution in [0.2, 0.25) is 5.02 Å². The van der Waals surface area contributed by atoms with Crippen LogP contribution in [0.5, 0.6) is 0 Å². The lowest BCUT2D eigenvalue weighted by molar-refractivity contribution is 0.300. The molecule has 1 fully saturated rings. The van der Waals surface area contributed by atoms with Crippen molar-refractivity contribution in [2.75, 3.05) is 0 Å². The van der Waals surface area contributed by atoms with Crippen molar-refractivity contribution in [3.05, 3.63) is 47.0 Å². The first kappa shape index (κ1) is 17.9. The minimum absolute atomic E-state index is 0.0971. The second-order valence-corrected chi connectivity index (χ2v) is 7.11. The van der Waals surface area contributed by atoms with Crippen LogP contribution in [-0.2, 0) is 0 Å². The van der Waals surface area contributed by atoms with Gasteiger partial charge in [0.25, 0.3) is 0 Å². The van der Waals surface area contributed by atoms with Crippen LogP contribution in [-0.4, -0.2) is 9.97 Å². The van der Waals surface area contributed by atoms with E-state index in [1.165, 1.54) is 50.7 Å². The third-order valence-electron chi connectivity index (χ3n) is 4.79. The quantitative estimate of drug-likeness (QED) is 0.640. The second-order valence-electron chi connectivity index (χ2n) is 6.70. The van der Waals surface area contributed by atoms with Gasteiger partial charge in [-0.1, -0.05) is 43.2 Å². The van der Waals surface area contributed by atoms with Gasteiger partial charge in [-0.25, -0.2) is 14.4 Å². The Morgan fingerprint density at radius 3 is 2.52 bits per heavy atom. The smallest absolute Gasteiger partial charge is 0.159 e. The Labute approximate surface area is 153 Å². The van der Waals surface area contributed by atoms with Gasteiger partial charge in [-0.05, 0) is 49.8 Å². The minimum Gasteiger partial charge on any atom is -0.235 e. The van der Waals surface area contributed by atoms with E-state index in [2.05, 4.69) is 28.7 Å². The van der Waals surface area contributed by atoms with Gasteiger partial charge in [0.05, 0.1) is 10.6 Å². The third kappa shape index (κ3) is 4.80. The van der Waals surface area contributed by atoms with Crippen molar-refractivity contribution in [3.8, 4) is 23.2 Å². The van der Waals surface area contributed by atoms with Crippen molar-refractivity contribution in [2.45, 2.75) is 45.4 Å². The fourth-order valence-corrected chi connectivity index (χ4v) is 3.48. The van der Waals surface area contributed by atoms with E-state index in [4.69, 9.17) is 11.6 Å². The van der Waals surface area contributed by atoms with Crippen LogP contribution < -0.4 is 0 Å². The van der Waals surface area contributed by atoms with Gasteiger partial charge in [0, 0.05) is 23.9 Å². The van der Waals surface area contributed by atoms with E-state index in [9.17, 15) is 4.39 Å². The van der Waals surface area contributed by atoms with E-state index < -0.39 is 5.82 Å². The standard InChI is InChI=1S/C21H22ClFN2/c1-2-3-15-4-6-16(7-5-15)8-9-17-13-24-21(25-14-17)18-10-11-19(22)20(23)12-18/h10-16H,2-7H2,1H3. The Morgan fingerprint density at radius 1 is 1.16 bits per heavy atom. The minimum atomic E-state index is -0.467. The highest BCUT2D eigenvalue weighted by Crippen LogP contribution is 2.31. The molecule has 0 N–H and O–H groups in total. The number of rotatable bonds is 3. The third-order valence-corrected chi connectivity index (χ3v) is 5.10. The lowest BCUT2D eigenvalue weighted by Crippen LogP contribution is -2.13. The van der Waals surface area contributed by atoms with Crippen LogP contribution in [0.4, 0.5) is 4.39 Å². The molecule has 3 rings (SSSR count). The molecule has 4 heteroatoms. The van der Waals surface area contributed by atoms with E-state index in [1.807, 2.05) is 0 Å². The average molecular weight is 357 g/mol. The second kappa shape index (κ2) is 8.45. The van der Waals surface area contributed by atoms with Gasteiger partial charge in [0.15, 0.2) is 5.82 Å². The summed E-state index contributed by atoms with van der Waals surface area (Å²) in [5.74, 6) is 7.94. The highest BCUT2D eigenvalue weighted by Gasteiger charge is 2.18. The Bertz CT molecular complexity index is 769. The topological polar surface area (TPSA) is 25.8 Å². The summed E-state index contributed by atoms with van der Waals surface area (Å²) in [4.78, 5) is 8.59. The van der Waals surface area contributed by atoms with E-state index in [0.717, 1.165) is 11.5 Å². The Balaban J connectivity index is 1.63. The zero-order chi connectivity index (χ0) is 17.6. The molecule has 0 spiro atoms.